The Bertz CT molecular complexity index is 191. The normalized spacial score (nSPS) is 29.8. The van der Waals surface area contributed by atoms with Crippen LogP contribution in [0.2, 0.25) is 0 Å². The van der Waals surface area contributed by atoms with Crippen molar-refractivity contribution in [1.82, 2.24) is 5.32 Å². The third-order valence-corrected chi connectivity index (χ3v) is 5.23. The maximum absolute atomic E-state index is 3.80. The molecular weight excluding hydrogens is 202 g/mol. The van der Waals surface area contributed by atoms with Gasteiger partial charge in [-0.15, -0.1) is 0 Å². The van der Waals surface area contributed by atoms with Crippen molar-refractivity contribution in [3.05, 3.63) is 0 Å². The molecule has 2 heteroatoms. The van der Waals surface area contributed by atoms with Crippen LogP contribution in [0, 0.1) is 11.3 Å². The third kappa shape index (κ3) is 4.36. The van der Waals surface area contributed by atoms with Gasteiger partial charge in [0.2, 0.25) is 0 Å². The maximum atomic E-state index is 3.80. The summed E-state index contributed by atoms with van der Waals surface area (Å²) in [6, 6.07) is 1.39. The van der Waals surface area contributed by atoms with Crippen molar-refractivity contribution in [1.29, 1.82) is 0 Å². The molecule has 0 aliphatic carbocycles. The Morgan fingerprint density at radius 3 is 2.60 bits per heavy atom. The van der Waals surface area contributed by atoms with Gasteiger partial charge in [-0.1, -0.05) is 34.1 Å². The van der Waals surface area contributed by atoms with E-state index in [2.05, 4.69) is 51.7 Å². The largest absolute Gasteiger partial charge is 0.310 e. The summed E-state index contributed by atoms with van der Waals surface area (Å²) in [5, 5.41) is 3.80. The zero-order valence-electron chi connectivity index (χ0n) is 11.0. The molecule has 1 aliphatic heterocycles. The number of hydrogen-bond acceptors (Lipinski definition) is 2. The minimum Gasteiger partial charge on any atom is -0.310 e. The number of nitrogens with one attached hydrogen (secondary N) is 1. The molecule has 0 radical (unpaired) electrons. The summed E-state index contributed by atoms with van der Waals surface area (Å²) in [5.74, 6) is 3.41. The van der Waals surface area contributed by atoms with Crippen LogP contribution in [0.1, 0.15) is 47.5 Å². The highest BCUT2D eigenvalue weighted by molar-refractivity contribution is 7.99. The molecule has 0 amide bonds. The van der Waals surface area contributed by atoms with E-state index in [1.807, 2.05) is 0 Å². The Balaban J connectivity index is 2.38. The van der Waals surface area contributed by atoms with E-state index in [4.69, 9.17) is 0 Å². The molecule has 90 valence electrons. The van der Waals surface area contributed by atoms with Crippen LogP contribution in [0.4, 0.5) is 0 Å². The monoisotopic (exact) mass is 229 g/mol. The van der Waals surface area contributed by atoms with Gasteiger partial charge < -0.3 is 5.32 Å². The molecule has 0 aromatic rings. The van der Waals surface area contributed by atoms with Gasteiger partial charge in [-0.2, -0.15) is 11.8 Å². The highest BCUT2D eigenvalue weighted by atomic mass is 32.2. The molecule has 1 N–H and O–H groups in total. The molecule has 0 spiro atoms. The van der Waals surface area contributed by atoms with E-state index < -0.39 is 0 Å². The second-order valence-corrected chi connectivity index (χ2v) is 6.95. The Hall–Kier alpha value is 0.310. The zero-order chi connectivity index (χ0) is 11.5. The lowest BCUT2D eigenvalue weighted by Gasteiger charge is -2.37. The number of thioether (sulfide) groups is 1. The molecule has 1 nitrogen and oxygen atoms in total. The molecule has 1 rings (SSSR count). The predicted octanol–water partition coefficient (Wildman–Crippen LogP) is 3.54. The van der Waals surface area contributed by atoms with Crippen molar-refractivity contribution in [2.24, 2.45) is 11.3 Å². The van der Waals surface area contributed by atoms with Gasteiger partial charge in [0.05, 0.1) is 0 Å². The van der Waals surface area contributed by atoms with Crippen molar-refractivity contribution in [2.45, 2.75) is 59.5 Å². The summed E-state index contributed by atoms with van der Waals surface area (Å²) in [5.41, 5.74) is 0.524. The first-order valence-corrected chi connectivity index (χ1v) is 7.44. The van der Waals surface area contributed by atoms with Gasteiger partial charge in [0.1, 0.15) is 0 Å². The highest BCUT2D eigenvalue weighted by Gasteiger charge is 2.29. The molecule has 15 heavy (non-hydrogen) atoms. The summed E-state index contributed by atoms with van der Waals surface area (Å²) in [6.07, 6.45) is 2.61. The topological polar surface area (TPSA) is 12.0 Å². The van der Waals surface area contributed by atoms with Gasteiger partial charge in [0.15, 0.2) is 0 Å². The third-order valence-electron chi connectivity index (χ3n) is 3.61. The number of hydrogen-bond donors (Lipinski definition) is 1. The quantitative estimate of drug-likeness (QED) is 0.791. The second kappa shape index (κ2) is 5.58. The van der Waals surface area contributed by atoms with E-state index in [0.29, 0.717) is 11.5 Å². The minimum absolute atomic E-state index is 0.524. The first kappa shape index (κ1) is 13.4. The Morgan fingerprint density at radius 2 is 2.07 bits per heavy atom. The van der Waals surface area contributed by atoms with Crippen molar-refractivity contribution in [3.63, 3.8) is 0 Å². The molecular formula is C13H27NS. The van der Waals surface area contributed by atoms with Crippen molar-refractivity contribution >= 4 is 11.8 Å². The second-order valence-electron chi connectivity index (χ2n) is 5.92. The van der Waals surface area contributed by atoms with Gasteiger partial charge in [-0.05, 0) is 30.4 Å². The van der Waals surface area contributed by atoms with Gasteiger partial charge in [-0.3, -0.25) is 0 Å². The van der Waals surface area contributed by atoms with Crippen molar-refractivity contribution < 1.29 is 0 Å². The average Bonchev–Trinajstić information content (AvgIpc) is 2.14. The minimum atomic E-state index is 0.524. The van der Waals surface area contributed by atoms with E-state index in [1.165, 1.54) is 24.3 Å². The summed E-state index contributed by atoms with van der Waals surface area (Å²) in [4.78, 5) is 0. The Kier molecular flexibility index (Phi) is 4.98. The van der Waals surface area contributed by atoms with Crippen LogP contribution in [0.15, 0.2) is 0 Å². The fourth-order valence-corrected chi connectivity index (χ4v) is 3.55. The highest BCUT2D eigenvalue weighted by Crippen LogP contribution is 2.33. The molecule has 1 saturated heterocycles. The molecule has 0 bridgehead atoms. The van der Waals surface area contributed by atoms with Crippen LogP contribution < -0.4 is 5.32 Å². The zero-order valence-corrected chi connectivity index (χ0v) is 11.8. The molecule has 1 fully saturated rings. The molecule has 1 heterocycles. The summed E-state index contributed by atoms with van der Waals surface area (Å²) in [6.45, 7) is 11.7. The molecule has 0 aromatic carbocycles. The predicted molar refractivity (Wildman–Crippen MR) is 71.6 cm³/mol. The van der Waals surface area contributed by atoms with Crippen molar-refractivity contribution in [2.75, 3.05) is 11.5 Å². The fourth-order valence-electron chi connectivity index (χ4n) is 2.26. The lowest BCUT2D eigenvalue weighted by Crippen LogP contribution is -2.46. The van der Waals surface area contributed by atoms with E-state index in [-0.39, 0.29) is 0 Å². The first-order valence-electron chi connectivity index (χ1n) is 6.28. The van der Waals surface area contributed by atoms with Crippen LogP contribution in [-0.4, -0.2) is 23.6 Å². The SMILES string of the molecule is CCC(C)C(C)NC1CSCC(C)(C)C1. The van der Waals surface area contributed by atoms with E-state index in [9.17, 15) is 0 Å². The lowest BCUT2D eigenvalue weighted by atomic mass is 9.87. The first-order chi connectivity index (χ1) is 6.94. The van der Waals surface area contributed by atoms with Gasteiger partial charge in [-0.25, -0.2) is 0 Å². The summed E-state index contributed by atoms with van der Waals surface area (Å²) >= 11 is 2.11. The van der Waals surface area contributed by atoms with Crippen LogP contribution in [0.5, 0.6) is 0 Å². The summed E-state index contributed by atoms with van der Waals surface area (Å²) in [7, 11) is 0. The molecule has 3 unspecified atom stereocenters. The smallest absolute Gasteiger partial charge is 0.0166 e. The Labute approximate surface area is 99.8 Å². The number of rotatable bonds is 4. The van der Waals surface area contributed by atoms with E-state index in [1.54, 1.807) is 0 Å². The van der Waals surface area contributed by atoms with Gasteiger partial charge in [0, 0.05) is 17.8 Å². The van der Waals surface area contributed by atoms with Gasteiger partial charge >= 0.3 is 0 Å². The lowest BCUT2D eigenvalue weighted by molar-refractivity contribution is 0.278. The molecule has 0 saturated carbocycles. The van der Waals surface area contributed by atoms with Crippen LogP contribution in [0.3, 0.4) is 0 Å². The fraction of sp³-hybridized carbons (Fsp3) is 1.00. The van der Waals surface area contributed by atoms with Gasteiger partial charge in [0.25, 0.3) is 0 Å². The summed E-state index contributed by atoms with van der Waals surface area (Å²) < 4.78 is 0. The van der Waals surface area contributed by atoms with E-state index in [0.717, 1.165) is 12.0 Å². The van der Waals surface area contributed by atoms with Crippen LogP contribution in [0.25, 0.3) is 0 Å². The standard InChI is InChI=1S/C13H27NS/c1-6-10(2)11(3)14-12-7-13(4,5)9-15-8-12/h10-12,14H,6-9H2,1-5H3. The molecule has 0 aromatic heterocycles. The molecule has 3 atom stereocenters. The Morgan fingerprint density at radius 1 is 1.40 bits per heavy atom. The van der Waals surface area contributed by atoms with Crippen LogP contribution >= 0.6 is 11.8 Å². The average molecular weight is 229 g/mol. The molecule has 1 aliphatic rings. The maximum Gasteiger partial charge on any atom is 0.0166 e. The van der Waals surface area contributed by atoms with E-state index >= 15 is 0 Å². The van der Waals surface area contributed by atoms with Crippen LogP contribution in [-0.2, 0) is 0 Å². The van der Waals surface area contributed by atoms with Crippen molar-refractivity contribution in [3.8, 4) is 0 Å².